The molecule has 0 saturated carbocycles. The first kappa shape index (κ1) is 11.9. The van der Waals surface area contributed by atoms with E-state index in [1.807, 2.05) is 12.1 Å². The predicted molar refractivity (Wildman–Crippen MR) is 66.7 cm³/mol. The fraction of sp³-hybridized carbons (Fsp3) is 0.538. The van der Waals surface area contributed by atoms with Crippen molar-refractivity contribution in [3.8, 4) is 0 Å². The summed E-state index contributed by atoms with van der Waals surface area (Å²) >= 11 is 5.88. The van der Waals surface area contributed by atoms with Crippen molar-refractivity contribution in [3.63, 3.8) is 0 Å². The second kappa shape index (κ2) is 5.17. The van der Waals surface area contributed by atoms with Crippen molar-refractivity contribution in [1.29, 1.82) is 0 Å². The maximum Gasteiger partial charge on any atom is 0.0471 e. The van der Waals surface area contributed by atoms with Gasteiger partial charge in [0, 0.05) is 18.2 Å². The first-order valence-electron chi connectivity index (χ1n) is 5.76. The fourth-order valence-corrected chi connectivity index (χ4v) is 2.42. The van der Waals surface area contributed by atoms with E-state index >= 15 is 0 Å². The second-order valence-electron chi connectivity index (χ2n) is 4.62. The molecule has 0 amide bonds. The van der Waals surface area contributed by atoms with Gasteiger partial charge in [-0.2, -0.15) is 0 Å². The average molecular weight is 240 g/mol. The second-order valence-corrected chi connectivity index (χ2v) is 5.06. The normalized spacial score (nSPS) is 19.6. The Morgan fingerprint density at radius 2 is 1.81 bits per heavy atom. The molecule has 1 aromatic carbocycles. The Labute approximate surface area is 102 Å². The van der Waals surface area contributed by atoms with Crippen molar-refractivity contribution in [2.45, 2.75) is 19.3 Å². The summed E-state index contributed by atoms with van der Waals surface area (Å²) < 4.78 is 5.41. The van der Waals surface area contributed by atoms with Crippen LogP contribution < -0.4 is 5.73 Å². The van der Waals surface area contributed by atoms with Crippen LogP contribution in [0.1, 0.15) is 18.4 Å². The van der Waals surface area contributed by atoms with Crippen LogP contribution in [-0.4, -0.2) is 19.8 Å². The van der Waals surface area contributed by atoms with Crippen LogP contribution in [0.2, 0.25) is 5.02 Å². The van der Waals surface area contributed by atoms with Gasteiger partial charge in [-0.3, -0.25) is 0 Å². The minimum atomic E-state index is 0.228. The molecule has 3 heteroatoms. The molecular weight excluding hydrogens is 222 g/mol. The molecule has 1 fully saturated rings. The molecule has 0 atom stereocenters. The smallest absolute Gasteiger partial charge is 0.0471 e. The number of benzene rings is 1. The van der Waals surface area contributed by atoms with Gasteiger partial charge in [0.05, 0.1) is 0 Å². The molecule has 1 aliphatic rings. The highest BCUT2D eigenvalue weighted by Crippen LogP contribution is 2.33. The average Bonchev–Trinajstić information content (AvgIpc) is 2.33. The van der Waals surface area contributed by atoms with Crippen LogP contribution in [0.5, 0.6) is 0 Å². The lowest BCUT2D eigenvalue weighted by Crippen LogP contribution is -2.38. The van der Waals surface area contributed by atoms with Gasteiger partial charge in [-0.15, -0.1) is 0 Å². The lowest BCUT2D eigenvalue weighted by Gasteiger charge is -2.36. The Morgan fingerprint density at radius 3 is 2.38 bits per heavy atom. The summed E-state index contributed by atoms with van der Waals surface area (Å²) in [4.78, 5) is 0. The van der Waals surface area contributed by atoms with Crippen LogP contribution in [-0.2, 0) is 11.2 Å². The number of rotatable bonds is 3. The molecule has 88 valence electrons. The van der Waals surface area contributed by atoms with E-state index in [4.69, 9.17) is 22.1 Å². The van der Waals surface area contributed by atoms with Crippen LogP contribution in [0.15, 0.2) is 24.3 Å². The Hall–Kier alpha value is -0.570. The maximum absolute atomic E-state index is 5.93. The molecule has 2 rings (SSSR count). The van der Waals surface area contributed by atoms with Gasteiger partial charge >= 0.3 is 0 Å². The number of nitrogens with two attached hydrogens (primary N) is 1. The molecule has 0 bridgehead atoms. The lowest BCUT2D eigenvalue weighted by atomic mass is 9.75. The van der Waals surface area contributed by atoms with Gasteiger partial charge in [-0.05, 0) is 48.9 Å². The third-order valence-electron chi connectivity index (χ3n) is 3.48. The van der Waals surface area contributed by atoms with Gasteiger partial charge in [-0.1, -0.05) is 23.7 Å². The van der Waals surface area contributed by atoms with E-state index in [-0.39, 0.29) is 5.41 Å². The fourth-order valence-electron chi connectivity index (χ4n) is 2.29. The highest BCUT2D eigenvalue weighted by atomic mass is 35.5. The van der Waals surface area contributed by atoms with Crippen LogP contribution in [0.3, 0.4) is 0 Å². The van der Waals surface area contributed by atoms with E-state index in [2.05, 4.69) is 12.1 Å². The zero-order valence-corrected chi connectivity index (χ0v) is 10.2. The Morgan fingerprint density at radius 1 is 1.19 bits per heavy atom. The molecule has 1 heterocycles. The summed E-state index contributed by atoms with van der Waals surface area (Å²) in [5.74, 6) is 0. The zero-order chi connectivity index (χ0) is 11.4. The Bertz CT molecular complexity index is 330. The van der Waals surface area contributed by atoms with E-state index in [0.717, 1.165) is 44.0 Å². The number of ether oxygens (including phenoxy) is 1. The molecule has 1 aromatic rings. The maximum atomic E-state index is 5.93. The van der Waals surface area contributed by atoms with Gasteiger partial charge in [0.2, 0.25) is 0 Å². The Kier molecular flexibility index (Phi) is 3.85. The van der Waals surface area contributed by atoms with Crippen molar-refractivity contribution in [3.05, 3.63) is 34.9 Å². The summed E-state index contributed by atoms with van der Waals surface area (Å²) in [6.45, 7) is 2.41. The minimum Gasteiger partial charge on any atom is -0.381 e. The van der Waals surface area contributed by atoms with E-state index in [0.29, 0.717) is 0 Å². The lowest BCUT2D eigenvalue weighted by molar-refractivity contribution is 0.0191. The number of halogens is 1. The van der Waals surface area contributed by atoms with Crippen LogP contribution in [0.4, 0.5) is 0 Å². The standard InChI is InChI=1S/C13H18ClNO/c14-12-3-1-11(2-4-12)9-13(10-15)5-7-16-8-6-13/h1-4H,5-10,15H2. The molecule has 1 aliphatic heterocycles. The van der Waals surface area contributed by atoms with Crippen molar-refractivity contribution < 1.29 is 4.74 Å². The van der Waals surface area contributed by atoms with E-state index in [1.54, 1.807) is 0 Å². The predicted octanol–water partition coefficient (Wildman–Crippen LogP) is 2.64. The van der Waals surface area contributed by atoms with E-state index < -0.39 is 0 Å². The third-order valence-corrected chi connectivity index (χ3v) is 3.73. The molecule has 16 heavy (non-hydrogen) atoms. The quantitative estimate of drug-likeness (QED) is 0.880. The molecule has 0 spiro atoms. The van der Waals surface area contributed by atoms with Crippen molar-refractivity contribution >= 4 is 11.6 Å². The van der Waals surface area contributed by atoms with Gasteiger partial charge in [-0.25, -0.2) is 0 Å². The summed E-state index contributed by atoms with van der Waals surface area (Å²) in [5, 5.41) is 0.789. The SMILES string of the molecule is NCC1(Cc2ccc(Cl)cc2)CCOCC1. The molecule has 2 N–H and O–H groups in total. The first-order valence-corrected chi connectivity index (χ1v) is 6.14. The van der Waals surface area contributed by atoms with Gasteiger partial charge < -0.3 is 10.5 Å². The van der Waals surface area contributed by atoms with Crippen LogP contribution in [0.25, 0.3) is 0 Å². The molecule has 1 saturated heterocycles. The highest BCUT2D eigenvalue weighted by molar-refractivity contribution is 6.30. The number of hydrogen-bond donors (Lipinski definition) is 1. The molecule has 0 aliphatic carbocycles. The monoisotopic (exact) mass is 239 g/mol. The van der Waals surface area contributed by atoms with Crippen molar-refractivity contribution in [2.75, 3.05) is 19.8 Å². The summed E-state index contributed by atoms with van der Waals surface area (Å²) in [7, 11) is 0. The highest BCUT2D eigenvalue weighted by Gasteiger charge is 2.31. The van der Waals surface area contributed by atoms with Crippen molar-refractivity contribution in [2.24, 2.45) is 11.1 Å². The summed E-state index contributed by atoms with van der Waals surface area (Å²) in [6.07, 6.45) is 3.16. The van der Waals surface area contributed by atoms with Crippen LogP contribution in [0, 0.1) is 5.41 Å². The summed E-state index contributed by atoms with van der Waals surface area (Å²) in [6, 6.07) is 8.07. The number of hydrogen-bond acceptors (Lipinski definition) is 2. The largest absolute Gasteiger partial charge is 0.381 e. The minimum absolute atomic E-state index is 0.228. The molecular formula is C13H18ClNO. The van der Waals surface area contributed by atoms with Gasteiger partial charge in [0.15, 0.2) is 0 Å². The van der Waals surface area contributed by atoms with Crippen molar-refractivity contribution in [1.82, 2.24) is 0 Å². The zero-order valence-electron chi connectivity index (χ0n) is 9.42. The van der Waals surface area contributed by atoms with Crippen LogP contribution >= 0.6 is 11.6 Å². The molecule has 0 radical (unpaired) electrons. The molecule has 2 nitrogen and oxygen atoms in total. The molecule has 0 unspecified atom stereocenters. The van der Waals surface area contributed by atoms with Gasteiger partial charge in [0.1, 0.15) is 0 Å². The topological polar surface area (TPSA) is 35.2 Å². The Balaban J connectivity index is 2.08. The molecule has 0 aromatic heterocycles. The van der Waals surface area contributed by atoms with Gasteiger partial charge in [0.25, 0.3) is 0 Å². The summed E-state index contributed by atoms with van der Waals surface area (Å²) in [5.41, 5.74) is 7.48. The van der Waals surface area contributed by atoms with E-state index in [1.165, 1.54) is 5.56 Å². The third kappa shape index (κ3) is 2.76. The first-order chi connectivity index (χ1) is 7.74. The van der Waals surface area contributed by atoms with E-state index in [9.17, 15) is 0 Å².